The predicted octanol–water partition coefficient (Wildman–Crippen LogP) is -0.435. The van der Waals surface area contributed by atoms with Crippen molar-refractivity contribution in [2.45, 2.75) is 79.5 Å². The van der Waals surface area contributed by atoms with Crippen molar-refractivity contribution in [3.05, 3.63) is 29.8 Å². The summed E-state index contributed by atoms with van der Waals surface area (Å²) < 4.78 is 23.3. The van der Waals surface area contributed by atoms with Gasteiger partial charge in [-0.05, 0) is 37.1 Å². The number of carbonyl (C=O) groups is 1. The summed E-state index contributed by atoms with van der Waals surface area (Å²) in [5.41, 5.74) is 0.150. The number of benzene rings is 1. The summed E-state index contributed by atoms with van der Waals surface area (Å²) in [5, 5.41) is 61.8. The van der Waals surface area contributed by atoms with Gasteiger partial charge in [-0.2, -0.15) is 0 Å². The van der Waals surface area contributed by atoms with Crippen LogP contribution < -0.4 is 0 Å². The lowest BCUT2D eigenvalue weighted by Gasteiger charge is -2.47. The Kier molecular flexibility index (Phi) is 9.03. The molecule has 0 spiro atoms. The minimum atomic E-state index is -1.45. The predicted molar refractivity (Wildman–Crippen MR) is 121 cm³/mol. The van der Waals surface area contributed by atoms with E-state index in [-0.39, 0.29) is 24.5 Å². The van der Waals surface area contributed by atoms with Crippen molar-refractivity contribution in [3.63, 3.8) is 0 Å². The Morgan fingerprint density at radius 1 is 0.886 bits per heavy atom. The van der Waals surface area contributed by atoms with Gasteiger partial charge >= 0.3 is 5.97 Å². The minimum Gasteiger partial charge on any atom is -0.478 e. The summed E-state index contributed by atoms with van der Waals surface area (Å²) >= 11 is 1.32. The molecule has 0 aliphatic carbocycles. The number of hydrogen-bond acceptors (Lipinski definition) is 11. The first-order chi connectivity index (χ1) is 16.8. The van der Waals surface area contributed by atoms with Crippen LogP contribution in [0.1, 0.15) is 29.6 Å². The molecule has 1 aromatic carbocycles. The second-order valence-corrected chi connectivity index (χ2v) is 10.1. The van der Waals surface area contributed by atoms with Gasteiger partial charge in [0, 0.05) is 23.2 Å². The fraction of sp³-hybridized carbons (Fsp3) is 0.696. The molecule has 10 atom stereocenters. The Morgan fingerprint density at radius 3 is 2.26 bits per heavy atom. The van der Waals surface area contributed by atoms with Gasteiger partial charge < -0.3 is 49.6 Å². The van der Waals surface area contributed by atoms with Crippen LogP contribution in [0.25, 0.3) is 0 Å². The fourth-order valence-electron chi connectivity index (χ4n) is 4.69. The smallest absolute Gasteiger partial charge is 0.335 e. The number of carboxylic acids is 1. The first-order valence-corrected chi connectivity index (χ1v) is 12.7. The highest BCUT2D eigenvalue weighted by Gasteiger charge is 2.51. The monoisotopic (exact) mass is 516 g/mol. The molecule has 0 amide bonds. The van der Waals surface area contributed by atoms with E-state index in [1.807, 2.05) is 0 Å². The van der Waals surface area contributed by atoms with Crippen LogP contribution in [0.15, 0.2) is 29.2 Å². The van der Waals surface area contributed by atoms with Crippen molar-refractivity contribution >= 4 is 17.7 Å². The highest BCUT2D eigenvalue weighted by molar-refractivity contribution is 7.99. The maximum atomic E-state index is 11.1. The minimum absolute atomic E-state index is 0.150. The average Bonchev–Trinajstić information content (AvgIpc) is 2.85. The topological polar surface area (TPSA) is 175 Å². The zero-order chi connectivity index (χ0) is 25.1. The Hall–Kier alpha value is -1.32. The van der Waals surface area contributed by atoms with Crippen LogP contribution in [0, 0.1) is 5.92 Å². The van der Waals surface area contributed by atoms with Gasteiger partial charge in [0.25, 0.3) is 0 Å². The molecule has 6 saturated heterocycles. The van der Waals surface area contributed by atoms with Crippen molar-refractivity contribution < 1.29 is 54.4 Å². The molecule has 6 fully saturated rings. The quantitative estimate of drug-likeness (QED) is 0.279. The van der Waals surface area contributed by atoms with Gasteiger partial charge in [-0.15, -0.1) is 11.8 Å². The van der Waals surface area contributed by atoms with Crippen LogP contribution in [0.2, 0.25) is 0 Å². The van der Waals surface area contributed by atoms with E-state index >= 15 is 0 Å². The number of carboxylic acid groups (broad SMARTS) is 1. The molecule has 7 rings (SSSR count). The molecular formula is C23H32O11S. The van der Waals surface area contributed by atoms with Crippen LogP contribution in [-0.4, -0.2) is 111 Å². The highest BCUT2D eigenvalue weighted by atomic mass is 32.2. The fourth-order valence-corrected chi connectivity index (χ4v) is 5.64. The van der Waals surface area contributed by atoms with E-state index in [9.17, 15) is 30.3 Å². The molecule has 0 aromatic heterocycles. The Balaban J connectivity index is 1.55. The van der Waals surface area contributed by atoms with E-state index in [1.54, 1.807) is 12.1 Å². The van der Waals surface area contributed by atoms with E-state index in [4.69, 9.17) is 24.1 Å². The highest BCUT2D eigenvalue weighted by Crippen LogP contribution is 2.35. The van der Waals surface area contributed by atoms with Crippen molar-refractivity contribution in [1.82, 2.24) is 0 Å². The van der Waals surface area contributed by atoms with Gasteiger partial charge in [0.2, 0.25) is 0 Å². The Bertz CT molecular complexity index is 837. The number of aliphatic hydroxyl groups is 5. The Morgan fingerprint density at radius 2 is 1.57 bits per heavy atom. The first-order valence-electron chi connectivity index (χ1n) is 11.7. The second-order valence-electron chi connectivity index (χ2n) is 9.00. The number of thioether (sulfide) groups is 1. The van der Waals surface area contributed by atoms with Crippen LogP contribution in [-0.2, 0) is 18.9 Å². The number of rotatable bonds is 5. The van der Waals surface area contributed by atoms with Crippen molar-refractivity contribution in [2.24, 2.45) is 5.92 Å². The third-order valence-corrected chi connectivity index (χ3v) is 7.80. The summed E-state index contributed by atoms with van der Waals surface area (Å²) in [6.07, 6.45) is -9.05. The lowest BCUT2D eigenvalue weighted by molar-refractivity contribution is -0.353. The van der Waals surface area contributed by atoms with Gasteiger partial charge in [0.15, 0.2) is 12.6 Å². The molecule has 4 bridgehead atoms. The van der Waals surface area contributed by atoms with Gasteiger partial charge in [-0.3, -0.25) is 0 Å². The van der Waals surface area contributed by atoms with Gasteiger partial charge in [0.05, 0.1) is 30.5 Å². The zero-order valence-corrected chi connectivity index (χ0v) is 19.8. The molecule has 6 aliphatic heterocycles. The molecule has 10 unspecified atom stereocenters. The Labute approximate surface area is 206 Å². The number of aromatic carboxylic acids is 1. The summed E-state index contributed by atoms with van der Waals surface area (Å²) in [5.74, 6) is -1.30. The third-order valence-electron chi connectivity index (χ3n) is 6.70. The summed E-state index contributed by atoms with van der Waals surface area (Å²) in [7, 11) is 0. The van der Waals surface area contributed by atoms with E-state index in [2.05, 4.69) is 0 Å². The summed E-state index contributed by atoms with van der Waals surface area (Å²) in [4.78, 5) is 11.8. The van der Waals surface area contributed by atoms with Crippen molar-refractivity contribution in [2.75, 3.05) is 19.0 Å². The summed E-state index contributed by atoms with van der Waals surface area (Å²) in [6, 6.07) is 6.24. The van der Waals surface area contributed by atoms with Crippen molar-refractivity contribution in [1.29, 1.82) is 0 Å². The molecule has 0 saturated carbocycles. The second kappa shape index (κ2) is 11.8. The van der Waals surface area contributed by atoms with E-state index < -0.39 is 67.2 Å². The standard InChI is InChI=1S/C23H32O11S/c24-9-14-13-3-1-2-8-31-22-19(28)17(26)20(34-23(32-14)18(27)16(13)25)15(33-22)10-35-12-6-4-11(5-7-12)21(29)30/h4-7,13-20,22-28H,1-3,8-10H2,(H,29,30). The maximum Gasteiger partial charge on any atom is 0.335 e. The van der Waals surface area contributed by atoms with Crippen LogP contribution in [0.3, 0.4) is 0 Å². The van der Waals surface area contributed by atoms with Gasteiger partial charge in [-0.25, -0.2) is 4.79 Å². The molecule has 1 aromatic rings. The average molecular weight is 517 g/mol. The van der Waals surface area contributed by atoms with Crippen LogP contribution in [0.4, 0.5) is 0 Å². The normalized spacial score (nSPS) is 40.4. The van der Waals surface area contributed by atoms with E-state index in [1.165, 1.54) is 23.9 Å². The number of ether oxygens (including phenoxy) is 4. The molecule has 0 radical (unpaired) electrons. The molecule has 6 N–H and O–H groups in total. The summed E-state index contributed by atoms with van der Waals surface area (Å²) in [6.45, 7) is -0.153. The van der Waals surface area contributed by atoms with E-state index in [0.717, 1.165) is 4.90 Å². The lowest BCUT2D eigenvalue weighted by Crippen LogP contribution is -2.63. The molecule has 12 heteroatoms. The van der Waals surface area contributed by atoms with Crippen LogP contribution in [0.5, 0.6) is 0 Å². The molecule has 11 nitrogen and oxygen atoms in total. The number of hydrogen-bond donors (Lipinski definition) is 6. The van der Waals surface area contributed by atoms with Crippen molar-refractivity contribution in [3.8, 4) is 0 Å². The van der Waals surface area contributed by atoms with Gasteiger partial charge in [0.1, 0.15) is 24.4 Å². The van der Waals surface area contributed by atoms with E-state index in [0.29, 0.717) is 19.3 Å². The largest absolute Gasteiger partial charge is 0.478 e. The number of aliphatic hydroxyl groups excluding tert-OH is 5. The SMILES string of the molecule is O=C(O)c1ccc(SCC2OC3OCCCCC4C(CO)OC(OC2C(O)C3O)C(O)C4O)cc1. The van der Waals surface area contributed by atoms with Crippen LogP contribution >= 0.6 is 11.8 Å². The first kappa shape index (κ1) is 26.7. The molecule has 196 valence electrons. The zero-order valence-electron chi connectivity index (χ0n) is 19.0. The third kappa shape index (κ3) is 5.99. The molecular weight excluding hydrogens is 484 g/mol. The maximum absolute atomic E-state index is 11.1. The lowest BCUT2D eigenvalue weighted by atomic mass is 9.85. The molecule has 6 heterocycles. The molecule has 35 heavy (non-hydrogen) atoms. The molecule has 6 aliphatic rings. The van der Waals surface area contributed by atoms with Gasteiger partial charge in [-0.1, -0.05) is 6.42 Å².